The maximum absolute atomic E-state index is 12.8. The first-order valence-electron chi connectivity index (χ1n) is 7.79. The molecular formula is C19H20N2OS. The molecule has 0 aliphatic carbocycles. The molecule has 0 fully saturated rings. The smallest absolute Gasteiger partial charge is 0.0645 e. The average molecular weight is 324 g/mol. The Kier molecular flexibility index (Phi) is 5.03. The summed E-state index contributed by atoms with van der Waals surface area (Å²) >= 11 is 0. The quantitative estimate of drug-likeness (QED) is 0.678. The van der Waals surface area contributed by atoms with Crippen LogP contribution in [-0.4, -0.2) is 14.0 Å². The topological polar surface area (TPSA) is 34.9 Å². The molecule has 0 bridgehead atoms. The van der Waals surface area contributed by atoms with Gasteiger partial charge in [-0.25, -0.2) is 4.68 Å². The van der Waals surface area contributed by atoms with Crippen molar-refractivity contribution in [3.8, 4) is 5.69 Å². The van der Waals surface area contributed by atoms with Crippen molar-refractivity contribution in [2.75, 3.05) is 0 Å². The molecule has 0 aliphatic heterocycles. The summed E-state index contributed by atoms with van der Waals surface area (Å²) in [5.41, 5.74) is 3.16. The van der Waals surface area contributed by atoms with E-state index in [1.807, 2.05) is 65.6 Å². The highest BCUT2D eigenvalue weighted by Crippen LogP contribution is 2.25. The highest BCUT2D eigenvalue weighted by molar-refractivity contribution is 7.84. The Bertz CT molecular complexity index is 768. The first-order chi connectivity index (χ1) is 11.3. The van der Waals surface area contributed by atoms with Crippen LogP contribution in [0.25, 0.3) is 5.69 Å². The van der Waals surface area contributed by atoms with Gasteiger partial charge in [0.25, 0.3) is 0 Å². The van der Waals surface area contributed by atoms with Crippen molar-refractivity contribution in [3.05, 3.63) is 84.2 Å². The lowest BCUT2D eigenvalue weighted by Gasteiger charge is -2.14. The fraction of sp³-hybridized carbons (Fsp3) is 0.211. The molecule has 0 spiro atoms. The number of nitrogens with zero attached hydrogens (tertiary/aromatic N) is 2. The van der Waals surface area contributed by atoms with Gasteiger partial charge < -0.3 is 0 Å². The van der Waals surface area contributed by atoms with Crippen LogP contribution in [0.4, 0.5) is 0 Å². The molecule has 3 aromatic rings. The van der Waals surface area contributed by atoms with E-state index in [1.165, 1.54) is 0 Å². The Morgan fingerprint density at radius 3 is 2.35 bits per heavy atom. The number of para-hydroxylation sites is 1. The van der Waals surface area contributed by atoms with Crippen LogP contribution in [0.1, 0.15) is 29.7 Å². The first kappa shape index (κ1) is 15.7. The Morgan fingerprint density at radius 2 is 1.70 bits per heavy atom. The molecule has 23 heavy (non-hydrogen) atoms. The van der Waals surface area contributed by atoms with Crippen molar-refractivity contribution in [3.63, 3.8) is 0 Å². The summed E-state index contributed by atoms with van der Waals surface area (Å²) in [6.45, 7) is 2.09. The second kappa shape index (κ2) is 7.38. The first-order valence-corrected chi connectivity index (χ1v) is 9.17. The lowest BCUT2D eigenvalue weighted by molar-refractivity contribution is 0.668. The molecule has 3 rings (SSSR count). The van der Waals surface area contributed by atoms with Gasteiger partial charge in [0.2, 0.25) is 0 Å². The highest BCUT2D eigenvalue weighted by Gasteiger charge is 2.17. The monoisotopic (exact) mass is 324 g/mol. The van der Waals surface area contributed by atoms with Crippen molar-refractivity contribution in [1.29, 1.82) is 0 Å². The molecule has 0 aliphatic rings. The molecule has 2 aromatic carbocycles. The van der Waals surface area contributed by atoms with Gasteiger partial charge in [-0.05, 0) is 24.1 Å². The summed E-state index contributed by atoms with van der Waals surface area (Å²) in [7, 11) is -0.956. The zero-order valence-corrected chi connectivity index (χ0v) is 13.9. The van der Waals surface area contributed by atoms with Gasteiger partial charge in [-0.1, -0.05) is 55.5 Å². The molecular weight excluding hydrogens is 304 g/mol. The minimum Gasteiger partial charge on any atom is -0.259 e. The maximum atomic E-state index is 12.8. The molecule has 2 unspecified atom stereocenters. The number of hydrogen-bond donors (Lipinski definition) is 0. The molecule has 3 nitrogen and oxygen atoms in total. The van der Waals surface area contributed by atoms with E-state index in [2.05, 4.69) is 24.2 Å². The molecule has 2 atom stereocenters. The standard InChI is InChI=1S/C19H20N2OS/c1-2-19(17-9-5-3-6-10-17)23(22)15-16-13-20-21(14-16)18-11-7-4-8-12-18/h3-14,19H,2,15H2,1H3. The zero-order valence-electron chi connectivity index (χ0n) is 13.1. The van der Waals surface area contributed by atoms with Gasteiger partial charge in [-0.3, -0.25) is 4.21 Å². The molecule has 1 heterocycles. The van der Waals surface area contributed by atoms with Crippen LogP contribution >= 0.6 is 0 Å². The highest BCUT2D eigenvalue weighted by atomic mass is 32.2. The average Bonchev–Trinajstić information content (AvgIpc) is 3.06. The van der Waals surface area contributed by atoms with E-state index in [0.717, 1.165) is 23.2 Å². The predicted molar refractivity (Wildman–Crippen MR) is 94.9 cm³/mol. The van der Waals surface area contributed by atoms with Crippen molar-refractivity contribution < 1.29 is 4.21 Å². The molecule has 118 valence electrons. The van der Waals surface area contributed by atoms with E-state index < -0.39 is 10.8 Å². The Morgan fingerprint density at radius 1 is 1.04 bits per heavy atom. The molecule has 1 aromatic heterocycles. The lowest BCUT2D eigenvalue weighted by atomic mass is 10.1. The van der Waals surface area contributed by atoms with Gasteiger partial charge in [-0.2, -0.15) is 5.10 Å². The zero-order chi connectivity index (χ0) is 16.1. The Balaban J connectivity index is 1.74. The van der Waals surface area contributed by atoms with Gasteiger partial charge in [0.1, 0.15) is 0 Å². The van der Waals surface area contributed by atoms with E-state index in [0.29, 0.717) is 5.75 Å². The van der Waals surface area contributed by atoms with E-state index in [4.69, 9.17) is 0 Å². The van der Waals surface area contributed by atoms with E-state index in [9.17, 15) is 4.21 Å². The molecule has 4 heteroatoms. The Hall–Kier alpha value is -2.20. The van der Waals surface area contributed by atoms with Crippen molar-refractivity contribution in [2.45, 2.75) is 24.3 Å². The van der Waals surface area contributed by atoms with Gasteiger partial charge >= 0.3 is 0 Å². The second-order valence-electron chi connectivity index (χ2n) is 5.46. The van der Waals surface area contributed by atoms with E-state index in [-0.39, 0.29) is 5.25 Å². The van der Waals surface area contributed by atoms with Crippen LogP contribution in [0, 0.1) is 0 Å². The molecule has 0 saturated carbocycles. The van der Waals surface area contributed by atoms with Crippen LogP contribution in [0.3, 0.4) is 0 Å². The SMILES string of the molecule is CCC(c1ccccc1)S(=O)Cc1cnn(-c2ccccc2)c1. The lowest BCUT2D eigenvalue weighted by Crippen LogP contribution is -2.07. The summed E-state index contributed by atoms with van der Waals surface area (Å²) in [5.74, 6) is 0.528. The minimum absolute atomic E-state index is 0.0660. The van der Waals surface area contributed by atoms with Crippen LogP contribution in [0.5, 0.6) is 0 Å². The second-order valence-corrected chi connectivity index (χ2v) is 7.08. The van der Waals surface area contributed by atoms with Crippen molar-refractivity contribution >= 4 is 10.8 Å². The Labute approximate surface area is 139 Å². The third-order valence-corrected chi connectivity index (χ3v) is 5.68. The molecule has 0 saturated heterocycles. The van der Waals surface area contributed by atoms with Crippen molar-refractivity contribution in [2.24, 2.45) is 0 Å². The third-order valence-electron chi connectivity index (χ3n) is 3.83. The fourth-order valence-corrected chi connectivity index (χ4v) is 4.17. The predicted octanol–water partition coefficient (Wildman–Crippen LogP) is 4.27. The normalized spacial score (nSPS) is 13.6. The van der Waals surface area contributed by atoms with Crippen LogP contribution < -0.4 is 0 Å². The maximum Gasteiger partial charge on any atom is 0.0645 e. The minimum atomic E-state index is -0.956. The molecule has 0 amide bonds. The van der Waals surface area contributed by atoms with Crippen molar-refractivity contribution in [1.82, 2.24) is 9.78 Å². The summed E-state index contributed by atoms with van der Waals surface area (Å²) in [6.07, 6.45) is 4.64. The summed E-state index contributed by atoms with van der Waals surface area (Å²) in [5, 5.41) is 4.45. The fourth-order valence-electron chi connectivity index (χ4n) is 2.66. The van der Waals surface area contributed by atoms with Crippen LogP contribution in [-0.2, 0) is 16.6 Å². The molecule has 0 radical (unpaired) electrons. The summed E-state index contributed by atoms with van der Waals surface area (Å²) < 4.78 is 14.6. The van der Waals surface area contributed by atoms with Gasteiger partial charge in [-0.15, -0.1) is 0 Å². The summed E-state index contributed by atoms with van der Waals surface area (Å²) in [6, 6.07) is 20.1. The number of hydrogen-bond acceptors (Lipinski definition) is 2. The molecule has 0 N–H and O–H groups in total. The van der Waals surface area contributed by atoms with Gasteiger partial charge in [0.15, 0.2) is 0 Å². The number of aromatic nitrogens is 2. The van der Waals surface area contributed by atoms with E-state index >= 15 is 0 Å². The van der Waals surface area contributed by atoms with Crippen LogP contribution in [0.2, 0.25) is 0 Å². The van der Waals surface area contributed by atoms with Gasteiger partial charge in [0, 0.05) is 22.6 Å². The van der Waals surface area contributed by atoms with E-state index in [1.54, 1.807) is 0 Å². The summed E-state index contributed by atoms with van der Waals surface area (Å²) in [4.78, 5) is 0. The number of rotatable bonds is 6. The van der Waals surface area contributed by atoms with Crippen LogP contribution in [0.15, 0.2) is 73.1 Å². The number of benzene rings is 2. The largest absolute Gasteiger partial charge is 0.259 e. The van der Waals surface area contributed by atoms with Gasteiger partial charge in [0.05, 0.1) is 22.9 Å². The third kappa shape index (κ3) is 3.77.